The van der Waals surface area contributed by atoms with Crippen molar-refractivity contribution >= 4 is 5.91 Å². The van der Waals surface area contributed by atoms with Crippen LogP contribution in [0.15, 0.2) is 0 Å². The van der Waals surface area contributed by atoms with Crippen LogP contribution in [-0.4, -0.2) is 23.9 Å². The number of amides is 1. The van der Waals surface area contributed by atoms with Crippen molar-refractivity contribution in [3.8, 4) is 0 Å². The Bertz CT molecular complexity index is 332. The average Bonchev–Trinajstić information content (AvgIpc) is 3.28. The fourth-order valence-electron chi connectivity index (χ4n) is 3.46. The first kappa shape index (κ1) is 14.4. The summed E-state index contributed by atoms with van der Waals surface area (Å²) in [4.78, 5) is 14.6. The van der Waals surface area contributed by atoms with E-state index in [0.29, 0.717) is 11.8 Å². The fraction of sp³-hybridized carbons (Fsp3) is 0.944. The van der Waals surface area contributed by atoms with Gasteiger partial charge < -0.3 is 4.90 Å². The van der Waals surface area contributed by atoms with Crippen LogP contribution in [-0.2, 0) is 4.79 Å². The summed E-state index contributed by atoms with van der Waals surface area (Å²) in [6.07, 6.45) is 13.4. The van der Waals surface area contributed by atoms with Crippen molar-refractivity contribution in [3.05, 3.63) is 0 Å². The lowest BCUT2D eigenvalue weighted by atomic mass is 10.1. The summed E-state index contributed by atoms with van der Waals surface area (Å²) in [5.74, 6) is 3.54. The zero-order valence-electron chi connectivity index (χ0n) is 13.2. The minimum Gasteiger partial charge on any atom is -0.342 e. The van der Waals surface area contributed by atoms with Gasteiger partial charge in [0.05, 0.1) is 0 Å². The first-order valence-electron chi connectivity index (χ1n) is 9.06. The molecular weight excluding hydrogens is 246 g/mol. The summed E-state index contributed by atoms with van der Waals surface area (Å²) in [6, 6.07) is 0. The van der Waals surface area contributed by atoms with Crippen molar-refractivity contribution in [1.29, 1.82) is 0 Å². The minimum absolute atomic E-state index is 0.413. The van der Waals surface area contributed by atoms with Gasteiger partial charge in [0.2, 0.25) is 5.91 Å². The van der Waals surface area contributed by atoms with Crippen molar-refractivity contribution in [2.24, 2.45) is 23.7 Å². The molecule has 0 spiro atoms. The van der Waals surface area contributed by atoms with Crippen LogP contribution >= 0.6 is 0 Å². The number of hydrogen-bond acceptors (Lipinski definition) is 1. The van der Waals surface area contributed by atoms with Gasteiger partial charge in [-0.3, -0.25) is 4.79 Å². The van der Waals surface area contributed by atoms with Crippen molar-refractivity contribution in [2.75, 3.05) is 13.1 Å². The molecule has 0 aromatic heterocycles. The normalized spacial score (nSPS) is 28.4. The first-order chi connectivity index (χ1) is 9.78. The topological polar surface area (TPSA) is 20.3 Å². The predicted molar refractivity (Wildman–Crippen MR) is 82.4 cm³/mol. The highest BCUT2D eigenvalue weighted by atomic mass is 16.2. The van der Waals surface area contributed by atoms with Crippen LogP contribution < -0.4 is 0 Å². The molecule has 114 valence electrons. The highest BCUT2D eigenvalue weighted by molar-refractivity contribution is 5.81. The van der Waals surface area contributed by atoms with Crippen LogP contribution in [0.2, 0.25) is 0 Å². The van der Waals surface area contributed by atoms with Gasteiger partial charge in [-0.25, -0.2) is 0 Å². The second-order valence-corrected chi connectivity index (χ2v) is 7.57. The summed E-state index contributed by atoms with van der Waals surface area (Å²) >= 11 is 0. The second-order valence-electron chi connectivity index (χ2n) is 7.57. The number of carbonyl (C=O) groups is 1. The molecule has 3 fully saturated rings. The monoisotopic (exact) mass is 277 g/mol. The molecule has 0 N–H and O–H groups in total. The quantitative estimate of drug-likeness (QED) is 0.547. The van der Waals surface area contributed by atoms with E-state index in [9.17, 15) is 4.79 Å². The Morgan fingerprint density at radius 2 is 1.80 bits per heavy atom. The second kappa shape index (κ2) is 6.49. The van der Waals surface area contributed by atoms with Gasteiger partial charge in [-0.2, -0.15) is 0 Å². The Balaban J connectivity index is 1.37. The molecule has 1 amide bonds. The zero-order valence-corrected chi connectivity index (χ0v) is 13.2. The van der Waals surface area contributed by atoms with E-state index in [2.05, 4.69) is 11.8 Å². The maximum Gasteiger partial charge on any atom is 0.225 e. The van der Waals surface area contributed by atoms with Gasteiger partial charge in [0.1, 0.15) is 0 Å². The number of nitrogens with zero attached hydrogens (tertiary/aromatic N) is 1. The molecule has 3 aliphatic rings. The molecule has 0 aliphatic heterocycles. The third kappa shape index (κ3) is 4.23. The van der Waals surface area contributed by atoms with E-state index in [1.165, 1.54) is 51.4 Å². The lowest BCUT2D eigenvalue weighted by Gasteiger charge is -2.23. The number of unbranched alkanes of at least 4 members (excludes halogenated alkanes) is 3. The molecule has 3 rings (SSSR count). The highest BCUT2D eigenvalue weighted by Crippen LogP contribution is 2.44. The van der Waals surface area contributed by atoms with Gasteiger partial charge in [0.25, 0.3) is 0 Å². The van der Waals surface area contributed by atoms with E-state index in [0.717, 1.165) is 43.7 Å². The van der Waals surface area contributed by atoms with E-state index in [4.69, 9.17) is 0 Å². The van der Waals surface area contributed by atoms with Crippen LogP contribution in [0.5, 0.6) is 0 Å². The Hall–Kier alpha value is -0.530. The molecular formula is C18H31NO. The van der Waals surface area contributed by atoms with Gasteiger partial charge >= 0.3 is 0 Å². The third-order valence-electron chi connectivity index (χ3n) is 5.37. The van der Waals surface area contributed by atoms with E-state index in [1.54, 1.807) is 0 Å². The lowest BCUT2D eigenvalue weighted by molar-refractivity contribution is -0.133. The first-order valence-corrected chi connectivity index (χ1v) is 9.06. The molecule has 3 aliphatic carbocycles. The maximum atomic E-state index is 12.4. The number of carbonyl (C=O) groups excluding carboxylic acids is 1. The fourth-order valence-corrected chi connectivity index (χ4v) is 3.46. The van der Waals surface area contributed by atoms with Gasteiger partial charge in [-0.1, -0.05) is 39.0 Å². The molecule has 0 bridgehead atoms. The van der Waals surface area contributed by atoms with Crippen LogP contribution in [0.1, 0.15) is 71.1 Å². The molecule has 0 saturated heterocycles. The summed E-state index contributed by atoms with van der Waals surface area (Å²) < 4.78 is 0. The van der Waals surface area contributed by atoms with Crippen LogP contribution in [0.25, 0.3) is 0 Å². The third-order valence-corrected chi connectivity index (χ3v) is 5.37. The van der Waals surface area contributed by atoms with Gasteiger partial charge in [0.15, 0.2) is 0 Å². The summed E-state index contributed by atoms with van der Waals surface area (Å²) in [7, 11) is 0. The van der Waals surface area contributed by atoms with Crippen molar-refractivity contribution in [1.82, 2.24) is 4.90 Å². The molecule has 0 radical (unpaired) electrons. The van der Waals surface area contributed by atoms with Crippen molar-refractivity contribution in [3.63, 3.8) is 0 Å². The van der Waals surface area contributed by atoms with Crippen molar-refractivity contribution in [2.45, 2.75) is 71.1 Å². The van der Waals surface area contributed by atoms with Crippen LogP contribution in [0.3, 0.4) is 0 Å². The van der Waals surface area contributed by atoms with Crippen LogP contribution in [0, 0.1) is 23.7 Å². The zero-order chi connectivity index (χ0) is 13.9. The molecule has 0 heterocycles. The molecule has 2 atom stereocenters. The summed E-state index contributed by atoms with van der Waals surface area (Å²) in [5, 5.41) is 0. The smallest absolute Gasteiger partial charge is 0.225 e. The Kier molecular flexibility index (Phi) is 4.68. The predicted octanol–water partition coefficient (Wildman–Crippen LogP) is 4.24. The largest absolute Gasteiger partial charge is 0.342 e. The van der Waals surface area contributed by atoms with E-state index < -0.39 is 0 Å². The van der Waals surface area contributed by atoms with Crippen molar-refractivity contribution < 1.29 is 4.79 Å². The molecule has 2 nitrogen and oxygen atoms in total. The molecule has 2 heteroatoms. The van der Waals surface area contributed by atoms with Gasteiger partial charge in [-0.05, 0) is 49.9 Å². The maximum absolute atomic E-state index is 12.4. The summed E-state index contributed by atoms with van der Waals surface area (Å²) in [5.41, 5.74) is 0. The average molecular weight is 277 g/mol. The minimum atomic E-state index is 0.413. The van der Waals surface area contributed by atoms with E-state index >= 15 is 0 Å². The standard InChI is InChI=1S/C18H31NO/c1-2-3-4-5-6-16-11-17(16)13-19(12-14-7-8-14)18(20)15-9-10-15/h14-17H,2-13H2,1H3. The van der Waals surface area contributed by atoms with Gasteiger partial charge in [0, 0.05) is 19.0 Å². The Morgan fingerprint density at radius 1 is 1.00 bits per heavy atom. The highest BCUT2D eigenvalue weighted by Gasteiger charge is 2.42. The number of hydrogen-bond donors (Lipinski definition) is 0. The molecule has 0 aromatic carbocycles. The lowest BCUT2D eigenvalue weighted by Crippen LogP contribution is -2.36. The molecule has 3 saturated carbocycles. The Morgan fingerprint density at radius 3 is 2.45 bits per heavy atom. The van der Waals surface area contributed by atoms with Crippen LogP contribution in [0.4, 0.5) is 0 Å². The van der Waals surface area contributed by atoms with E-state index in [-0.39, 0.29) is 0 Å². The molecule has 20 heavy (non-hydrogen) atoms. The van der Waals surface area contributed by atoms with Gasteiger partial charge in [-0.15, -0.1) is 0 Å². The SMILES string of the molecule is CCCCCCC1CC1CN(CC1CC1)C(=O)C1CC1. The molecule has 2 unspecified atom stereocenters. The summed E-state index contributed by atoms with van der Waals surface area (Å²) in [6.45, 7) is 4.44. The number of rotatable bonds is 10. The van der Waals surface area contributed by atoms with E-state index in [1.807, 2.05) is 0 Å². The Labute approximate surface area is 124 Å². The molecule has 0 aromatic rings.